The minimum Gasteiger partial charge on any atom is -0.489 e. The quantitative estimate of drug-likeness (QED) is 0.703. The molecule has 0 bridgehead atoms. The Morgan fingerprint density at radius 3 is 2.08 bits per heavy atom. The summed E-state index contributed by atoms with van der Waals surface area (Å²) in [6.07, 6.45) is 0.829. The number of rotatable bonds is 7. The number of ether oxygens (including phenoxy) is 1. The number of amides is 1. The van der Waals surface area contributed by atoms with E-state index in [0.717, 1.165) is 17.7 Å². The molecule has 126 valence electrons. The number of hydrogen-bond acceptors (Lipinski definition) is 2. The summed E-state index contributed by atoms with van der Waals surface area (Å²) in [7, 11) is 0. The summed E-state index contributed by atoms with van der Waals surface area (Å²) in [5.41, 5.74) is 2.91. The highest BCUT2D eigenvalue weighted by molar-refractivity contribution is 5.94. The molecule has 0 aliphatic rings. The van der Waals surface area contributed by atoms with Crippen LogP contribution in [-0.2, 0) is 13.0 Å². The maximum atomic E-state index is 12.2. The lowest BCUT2D eigenvalue weighted by molar-refractivity contribution is 0.0954. The summed E-state index contributed by atoms with van der Waals surface area (Å²) in [5, 5.41) is 2.95. The molecule has 0 saturated carbocycles. The van der Waals surface area contributed by atoms with Crippen LogP contribution >= 0.6 is 0 Å². The van der Waals surface area contributed by atoms with Gasteiger partial charge in [-0.1, -0.05) is 60.7 Å². The number of hydrogen-bond donors (Lipinski definition) is 1. The molecule has 1 amide bonds. The van der Waals surface area contributed by atoms with E-state index in [1.165, 1.54) is 5.56 Å². The smallest absolute Gasteiger partial charge is 0.251 e. The zero-order valence-electron chi connectivity index (χ0n) is 14.0. The second-order valence-electron chi connectivity index (χ2n) is 5.79. The summed E-state index contributed by atoms with van der Waals surface area (Å²) in [6, 6.07) is 27.3. The van der Waals surface area contributed by atoms with E-state index < -0.39 is 0 Å². The summed E-state index contributed by atoms with van der Waals surface area (Å²) < 4.78 is 5.71. The van der Waals surface area contributed by atoms with Gasteiger partial charge in [0.25, 0.3) is 5.91 Å². The van der Waals surface area contributed by atoms with E-state index in [2.05, 4.69) is 17.4 Å². The topological polar surface area (TPSA) is 38.3 Å². The molecule has 0 atom stereocenters. The Kier molecular flexibility index (Phi) is 5.83. The molecule has 0 radical (unpaired) electrons. The average molecular weight is 331 g/mol. The van der Waals surface area contributed by atoms with E-state index >= 15 is 0 Å². The first-order valence-corrected chi connectivity index (χ1v) is 8.40. The fraction of sp³-hybridized carbons (Fsp3) is 0.136. The summed E-state index contributed by atoms with van der Waals surface area (Å²) >= 11 is 0. The average Bonchev–Trinajstić information content (AvgIpc) is 2.68. The van der Waals surface area contributed by atoms with Gasteiger partial charge in [-0.25, -0.2) is 0 Å². The molecule has 3 rings (SSSR count). The number of para-hydroxylation sites is 1. The molecule has 1 N–H and O–H groups in total. The Morgan fingerprint density at radius 2 is 1.40 bits per heavy atom. The molecule has 0 saturated heterocycles. The van der Waals surface area contributed by atoms with Crippen LogP contribution in [0.3, 0.4) is 0 Å². The second kappa shape index (κ2) is 8.69. The van der Waals surface area contributed by atoms with Gasteiger partial charge < -0.3 is 10.1 Å². The molecule has 0 aliphatic heterocycles. The second-order valence-corrected chi connectivity index (χ2v) is 5.79. The van der Waals surface area contributed by atoms with E-state index in [9.17, 15) is 4.79 Å². The van der Waals surface area contributed by atoms with Crippen LogP contribution in [0.15, 0.2) is 84.9 Å². The maximum Gasteiger partial charge on any atom is 0.251 e. The maximum absolute atomic E-state index is 12.2. The lowest BCUT2D eigenvalue weighted by atomic mass is 10.1. The van der Waals surface area contributed by atoms with Crippen LogP contribution < -0.4 is 10.1 Å². The van der Waals surface area contributed by atoms with Crippen molar-refractivity contribution in [1.29, 1.82) is 0 Å². The Bertz CT molecular complexity index is 783. The van der Waals surface area contributed by atoms with Gasteiger partial charge in [-0.15, -0.1) is 0 Å². The number of carbonyl (C=O) groups is 1. The van der Waals surface area contributed by atoms with Crippen molar-refractivity contribution in [2.75, 3.05) is 6.54 Å². The fourth-order valence-electron chi connectivity index (χ4n) is 2.50. The van der Waals surface area contributed by atoms with Crippen molar-refractivity contribution in [3.8, 4) is 5.75 Å². The Morgan fingerprint density at radius 1 is 0.760 bits per heavy atom. The Labute approximate surface area is 148 Å². The molecule has 3 nitrogen and oxygen atoms in total. The molecular weight excluding hydrogens is 310 g/mol. The molecule has 0 heterocycles. The van der Waals surface area contributed by atoms with Crippen LogP contribution in [0.5, 0.6) is 5.75 Å². The summed E-state index contributed by atoms with van der Waals surface area (Å²) in [5.74, 6) is 0.789. The van der Waals surface area contributed by atoms with Gasteiger partial charge >= 0.3 is 0 Å². The molecule has 0 unspecified atom stereocenters. The van der Waals surface area contributed by atoms with Crippen molar-refractivity contribution < 1.29 is 9.53 Å². The van der Waals surface area contributed by atoms with Crippen LogP contribution in [0.4, 0.5) is 0 Å². The molecule has 3 aromatic rings. The number of benzene rings is 3. The highest BCUT2D eigenvalue weighted by Gasteiger charge is 2.05. The van der Waals surface area contributed by atoms with Gasteiger partial charge in [-0.05, 0) is 41.8 Å². The van der Waals surface area contributed by atoms with Gasteiger partial charge in [-0.2, -0.15) is 0 Å². The van der Waals surface area contributed by atoms with Crippen molar-refractivity contribution >= 4 is 5.91 Å². The van der Waals surface area contributed by atoms with Gasteiger partial charge in [0.15, 0.2) is 0 Å². The largest absolute Gasteiger partial charge is 0.489 e. The first kappa shape index (κ1) is 16.8. The molecule has 0 spiro atoms. The highest BCUT2D eigenvalue weighted by atomic mass is 16.5. The predicted molar refractivity (Wildman–Crippen MR) is 99.7 cm³/mol. The van der Waals surface area contributed by atoms with Crippen LogP contribution in [0, 0.1) is 0 Å². The van der Waals surface area contributed by atoms with Gasteiger partial charge in [0, 0.05) is 12.1 Å². The minimum atomic E-state index is -0.0496. The van der Waals surface area contributed by atoms with Crippen molar-refractivity contribution in [3.05, 3.63) is 102 Å². The van der Waals surface area contributed by atoms with Gasteiger partial charge in [0.2, 0.25) is 0 Å². The Hall–Kier alpha value is -3.07. The first-order valence-electron chi connectivity index (χ1n) is 8.40. The van der Waals surface area contributed by atoms with Gasteiger partial charge in [0.1, 0.15) is 12.4 Å². The molecule has 0 aliphatic carbocycles. The van der Waals surface area contributed by atoms with Crippen LogP contribution in [0.25, 0.3) is 0 Å². The van der Waals surface area contributed by atoms with Gasteiger partial charge in [-0.3, -0.25) is 4.79 Å². The Balaban J connectivity index is 1.47. The first-order chi connectivity index (χ1) is 12.3. The van der Waals surface area contributed by atoms with Gasteiger partial charge in [0.05, 0.1) is 0 Å². The van der Waals surface area contributed by atoms with Crippen LogP contribution in [0.2, 0.25) is 0 Å². The molecule has 25 heavy (non-hydrogen) atoms. The number of carbonyl (C=O) groups excluding carboxylic acids is 1. The minimum absolute atomic E-state index is 0.0496. The highest BCUT2D eigenvalue weighted by Crippen LogP contribution is 2.12. The van der Waals surface area contributed by atoms with E-state index in [4.69, 9.17) is 4.74 Å². The third-order valence-corrected chi connectivity index (χ3v) is 3.91. The molecular formula is C22H21NO2. The predicted octanol–water partition coefficient (Wildman–Crippen LogP) is 4.24. The number of nitrogens with one attached hydrogen (secondary N) is 1. The molecule has 0 aromatic heterocycles. The molecule has 3 heteroatoms. The zero-order valence-corrected chi connectivity index (χ0v) is 14.0. The monoisotopic (exact) mass is 331 g/mol. The van der Waals surface area contributed by atoms with E-state index in [0.29, 0.717) is 18.7 Å². The summed E-state index contributed by atoms with van der Waals surface area (Å²) in [6.45, 7) is 1.11. The fourth-order valence-corrected chi connectivity index (χ4v) is 2.50. The van der Waals surface area contributed by atoms with Crippen molar-refractivity contribution in [1.82, 2.24) is 5.32 Å². The van der Waals surface area contributed by atoms with Crippen LogP contribution in [0.1, 0.15) is 21.5 Å². The third-order valence-electron chi connectivity index (χ3n) is 3.91. The van der Waals surface area contributed by atoms with Crippen molar-refractivity contribution in [2.45, 2.75) is 13.0 Å². The van der Waals surface area contributed by atoms with Crippen LogP contribution in [-0.4, -0.2) is 12.5 Å². The normalized spacial score (nSPS) is 10.2. The molecule has 3 aromatic carbocycles. The standard InChI is InChI=1S/C22H21NO2/c24-22(23-16-15-18-7-3-1-4-8-18)20-13-11-19(12-14-20)17-25-21-9-5-2-6-10-21/h1-14H,15-17H2,(H,23,24). The van der Waals surface area contributed by atoms with Crippen molar-refractivity contribution in [3.63, 3.8) is 0 Å². The zero-order chi connectivity index (χ0) is 17.3. The van der Waals surface area contributed by atoms with Crippen molar-refractivity contribution in [2.24, 2.45) is 0 Å². The molecule has 0 fully saturated rings. The summed E-state index contributed by atoms with van der Waals surface area (Å²) in [4.78, 5) is 12.2. The van der Waals surface area contributed by atoms with E-state index in [-0.39, 0.29) is 5.91 Å². The lowest BCUT2D eigenvalue weighted by Crippen LogP contribution is -2.25. The third kappa shape index (κ3) is 5.21. The lowest BCUT2D eigenvalue weighted by Gasteiger charge is -2.08. The van der Waals surface area contributed by atoms with E-state index in [1.54, 1.807) is 0 Å². The van der Waals surface area contributed by atoms with E-state index in [1.807, 2.05) is 72.8 Å². The SMILES string of the molecule is O=C(NCCc1ccccc1)c1ccc(COc2ccccc2)cc1.